The molecule has 1 atom stereocenters. The molecule has 0 aliphatic heterocycles. The van der Waals surface area contributed by atoms with Gasteiger partial charge in [0.25, 0.3) is 0 Å². The summed E-state index contributed by atoms with van der Waals surface area (Å²) in [6.07, 6.45) is 0.573. The van der Waals surface area contributed by atoms with Crippen molar-refractivity contribution in [1.29, 1.82) is 0 Å². The third-order valence-corrected chi connectivity index (χ3v) is 2.66. The molecule has 0 spiro atoms. The third-order valence-electron chi connectivity index (χ3n) is 2.66. The molecule has 1 unspecified atom stereocenters. The molecule has 4 heteroatoms. The van der Waals surface area contributed by atoms with Gasteiger partial charge in [0.1, 0.15) is 0 Å². The number of rotatable bonds is 4. The number of nitrogens with two attached hydrogens (primary N) is 1. The summed E-state index contributed by atoms with van der Waals surface area (Å²) in [5.41, 5.74) is 8.19. The molecule has 4 N–H and O–H groups in total. The van der Waals surface area contributed by atoms with E-state index in [0.717, 1.165) is 17.0 Å². The molecule has 1 heterocycles. The van der Waals surface area contributed by atoms with Crippen LogP contribution in [0.2, 0.25) is 0 Å². The van der Waals surface area contributed by atoms with Crippen molar-refractivity contribution in [2.24, 2.45) is 5.73 Å². The van der Waals surface area contributed by atoms with Gasteiger partial charge in [-0.2, -0.15) is 5.10 Å². The van der Waals surface area contributed by atoms with Gasteiger partial charge in [-0.25, -0.2) is 0 Å². The van der Waals surface area contributed by atoms with Crippen molar-refractivity contribution in [2.45, 2.75) is 18.9 Å². The fraction of sp³-hybridized carbons (Fsp3) is 0.308. The van der Waals surface area contributed by atoms with Crippen LogP contribution < -0.4 is 5.73 Å². The molecule has 0 radical (unpaired) electrons. The zero-order valence-electron chi connectivity index (χ0n) is 9.85. The molecular weight excluding hydrogens is 214 g/mol. The lowest BCUT2D eigenvalue weighted by Crippen LogP contribution is -2.42. The zero-order valence-corrected chi connectivity index (χ0v) is 9.85. The lowest BCUT2D eigenvalue weighted by atomic mass is 9.98. The van der Waals surface area contributed by atoms with Gasteiger partial charge in [-0.1, -0.05) is 30.3 Å². The van der Waals surface area contributed by atoms with E-state index >= 15 is 0 Å². The average Bonchev–Trinajstić information content (AvgIpc) is 2.78. The highest BCUT2D eigenvalue weighted by Gasteiger charge is 2.19. The number of aromatic nitrogens is 2. The maximum Gasteiger partial charge on any atom is 0.0923 e. The van der Waals surface area contributed by atoms with Crippen LogP contribution in [0.4, 0.5) is 0 Å². The molecule has 2 aromatic rings. The van der Waals surface area contributed by atoms with Crippen molar-refractivity contribution < 1.29 is 5.11 Å². The smallest absolute Gasteiger partial charge is 0.0923 e. The average molecular weight is 231 g/mol. The van der Waals surface area contributed by atoms with Crippen LogP contribution in [0, 0.1) is 0 Å². The highest BCUT2D eigenvalue weighted by Crippen LogP contribution is 2.18. The number of nitrogens with one attached hydrogen (secondary N) is 1. The molecule has 4 nitrogen and oxygen atoms in total. The highest BCUT2D eigenvalue weighted by atomic mass is 16.3. The number of hydrogen-bond acceptors (Lipinski definition) is 3. The first kappa shape index (κ1) is 11.8. The number of nitrogens with zero attached hydrogens (tertiary/aromatic N) is 1. The van der Waals surface area contributed by atoms with Crippen LogP contribution >= 0.6 is 0 Å². The summed E-state index contributed by atoms with van der Waals surface area (Å²) in [4.78, 5) is 0. The summed E-state index contributed by atoms with van der Waals surface area (Å²) in [6, 6.07) is 11.9. The molecule has 0 fully saturated rings. The van der Waals surface area contributed by atoms with Gasteiger partial charge >= 0.3 is 0 Å². The number of aliphatic hydroxyl groups is 1. The minimum Gasteiger partial charge on any atom is -0.394 e. The quantitative estimate of drug-likeness (QED) is 0.743. The summed E-state index contributed by atoms with van der Waals surface area (Å²) in [7, 11) is 0. The Kier molecular flexibility index (Phi) is 3.26. The second-order valence-electron chi connectivity index (χ2n) is 4.63. The Morgan fingerprint density at radius 1 is 1.35 bits per heavy atom. The largest absolute Gasteiger partial charge is 0.394 e. The summed E-state index contributed by atoms with van der Waals surface area (Å²) in [5.74, 6) is 0. The molecule has 17 heavy (non-hydrogen) atoms. The molecule has 0 amide bonds. The predicted octanol–water partition coefficient (Wildman–Crippen LogP) is 1.33. The normalized spacial score (nSPS) is 14.5. The molecular formula is C13H17N3O. The van der Waals surface area contributed by atoms with Crippen LogP contribution in [-0.4, -0.2) is 27.4 Å². The maximum atomic E-state index is 9.12. The first-order valence-electron chi connectivity index (χ1n) is 5.60. The number of hydrogen-bond donors (Lipinski definition) is 3. The molecule has 0 bridgehead atoms. The Hall–Kier alpha value is -1.65. The Balaban J connectivity index is 2.17. The zero-order chi connectivity index (χ0) is 12.3. The Morgan fingerprint density at radius 2 is 2.06 bits per heavy atom. The first-order valence-corrected chi connectivity index (χ1v) is 5.60. The molecule has 1 aromatic carbocycles. The van der Waals surface area contributed by atoms with Crippen molar-refractivity contribution in [2.75, 3.05) is 6.61 Å². The lowest BCUT2D eigenvalue weighted by Gasteiger charge is -2.20. The van der Waals surface area contributed by atoms with E-state index in [1.54, 1.807) is 0 Å². The van der Waals surface area contributed by atoms with Crippen molar-refractivity contribution in [3.8, 4) is 11.3 Å². The van der Waals surface area contributed by atoms with Crippen LogP contribution in [0.5, 0.6) is 0 Å². The molecule has 1 aromatic heterocycles. The van der Waals surface area contributed by atoms with Crippen molar-refractivity contribution in [1.82, 2.24) is 10.2 Å². The lowest BCUT2D eigenvalue weighted by molar-refractivity contribution is 0.207. The summed E-state index contributed by atoms with van der Waals surface area (Å²) in [6.45, 7) is 1.77. The molecule has 0 saturated carbocycles. The second kappa shape index (κ2) is 4.69. The number of benzene rings is 1. The van der Waals surface area contributed by atoms with Gasteiger partial charge in [0.05, 0.1) is 12.3 Å². The third kappa shape index (κ3) is 2.93. The van der Waals surface area contributed by atoms with Gasteiger partial charge in [-0.05, 0) is 13.0 Å². The van der Waals surface area contributed by atoms with E-state index in [2.05, 4.69) is 10.2 Å². The minimum atomic E-state index is -0.611. The van der Waals surface area contributed by atoms with Crippen LogP contribution in [-0.2, 0) is 6.42 Å². The fourth-order valence-corrected chi connectivity index (χ4v) is 1.70. The molecule has 2 rings (SSSR count). The van der Waals surface area contributed by atoms with Gasteiger partial charge in [0.2, 0.25) is 0 Å². The van der Waals surface area contributed by atoms with Crippen molar-refractivity contribution in [3.05, 3.63) is 42.1 Å². The second-order valence-corrected chi connectivity index (χ2v) is 4.63. The van der Waals surface area contributed by atoms with Crippen LogP contribution in [0.1, 0.15) is 12.6 Å². The number of H-pyrrole nitrogens is 1. The van der Waals surface area contributed by atoms with Crippen LogP contribution in [0.15, 0.2) is 36.4 Å². The monoisotopic (exact) mass is 231 g/mol. The molecule has 0 saturated heterocycles. The van der Waals surface area contributed by atoms with Gasteiger partial charge in [0, 0.05) is 23.2 Å². The van der Waals surface area contributed by atoms with Gasteiger partial charge in [-0.3, -0.25) is 5.10 Å². The maximum absolute atomic E-state index is 9.12. The number of aliphatic hydroxyl groups excluding tert-OH is 1. The van der Waals surface area contributed by atoms with Gasteiger partial charge in [0.15, 0.2) is 0 Å². The van der Waals surface area contributed by atoms with Gasteiger partial charge < -0.3 is 10.8 Å². The topological polar surface area (TPSA) is 74.9 Å². The van der Waals surface area contributed by atoms with E-state index in [1.807, 2.05) is 43.3 Å². The summed E-state index contributed by atoms with van der Waals surface area (Å²) >= 11 is 0. The van der Waals surface area contributed by atoms with Crippen LogP contribution in [0.3, 0.4) is 0 Å². The molecule has 90 valence electrons. The molecule has 0 aliphatic carbocycles. The van der Waals surface area contributed by atoms with Crippen LogP contribution in [0.25, 0.3) is 11.3 Å². The minimum absolute atomic E-state index is 0.0489. The Morgan fingerprint density at radius 3 is 2.71 bits per heavy atom. The Bertz CT molecular complexity index is 476. The van der Waals surface area contributed by atoms with Crippen molar-refractivity contribution >= 4 is 0 Å². The fourth-order valence-electron chi connectivity index (χ4n) is 1.70. The van der Waals surface area contributed by atoms with E-state index in [4.69, 9.17) is 10.8 Å². The van der Waals surface area contributed by atoms with E-state index in [-0.39, 0.29) is 6.61 Å². The predicted molar refractivity (Wildman–Crippen MR) is 67.4 cm³/mol. The molecule has 0 aliphatic rings. The van der Waals surface area contributed by atoms with E-state index in [9.17, 15) is 0 Å². The SMILES string of the molecule is CC(N)(CO)Cc1cc(-c2ccccc2)n[nH]1. The van der Waals surface area contributed by atoms with E-state index < -0.39 is 5.54 Å². The van der Waals surface area contributed by atoms with E-state index in [1.165, 1.54) is 0 Å². The summed E-state index contributed by atoms with van der Waals surface area (Å²) < 4.78 is 0. The van der Waals surface area contributed by atoms with E-state index in [0.29, 0.717) is 6.42 Å². The first-order chi connectivity index (χ1) is 8.11. The Labute approximate surface area is 100 Å². The van der Waals surface area contributed by atoms with Gasteiger partial charge in [-0.15, -0.1) is 0 Å². The number of aromatic amines is 1. The standard InChI is InChI=1S/C13H17N3O/c1-13(14,9-17)8-11-7-12(16-15-11)10-5-3-2-4-6-10/h2-7,17H,8-9,14H2,1H3,(H,15,16). The summed E-state index contributed by atoms with van der Waals surface area (Å²) in [5, 5.41) is 16.3. The highest BCUT2D eigenvalue weighted by molar-refractivity contribution is 5.58. The van der Waals surface area contributed by atoms with Crippen molar-refractivity contribution in [3.63, 3.8) is 0 Å².